The molecule has 0 aromatic carbocycles. The van der Waals surface area contributed by atoms with Crippen LogP contribution in [0.4, 0.5) is 0 Å². The van der Waals surface area contributed by atoms with Crippen molar-refractivity contribution in [3.63, 3.8) is 0 Å². The third kappa shape index (κ3) is 3.24. The lowest BCUT2D eigenvalue weighted by molar-refractivity contribution is 0.422. The summed E-state index contributed by atoms with van der Waals surface area (Å²) in [5, 5.41) is 4.64. The Kier molecular flexibility index (Phi) is 4.76. The summed E-state index contributed by atoms with van der Waals surface area (Å²) < 4.78 is 7.15. The predicted molar refractivity (Wildman–Crippen MR) is 74.3 cm³/mol. The maximum Gasteiger partial charge on any atom is 0.0951 e. The van der Waals surface area contributed by atoms with E-state index in [1.165, 1.54) is 0 Å². The summed E-state index contributed by atoms with van der Waals surface area (Å²) in [5.41, 5.74) is 4.89. The molecule has 19 heavy (non-hydrogen) atoms. The summed E-state index contributed by atoms with van der Waals surface area (Å²) in [5.74, 6) is 5.60. The lowest BCUT2D eigenvalue weighted by Crippen LogP contribution is -2.29. The molecular formula is C14H22N4O. The summed E-state index contributed by atoms with van der Waals surface area (Å²) in [6, 6.07) is 4.49. The molecule has 0 radical (unpaired) electrons. The molecule has 1 atom stereocenters. The average Bonchev–Trinajstić information content (AvgIpc) is 3.09. The lowest BCUT2D eigenvalue weighted by atomic mass is 10.1. The van der Waals surface area contributed by atoms with Gasteiger partial charge in [-0.05, 0) is 25.0 Å². The first-order valence-electron chi connectivity index (χ1n) is 6.80. The summed E-state index contributed by atoms with van der Waals surface area (Å²) in [6.45, 7) is 4.37. The van der Waals surface area contributed by atoms with Crippen molar-refractivity contribution >= 4 is 0 Å². The van der Waals surface area contributed by atoms with Gasteiger partial charge >= 0.3 is 0 Å². The van der Waals surface area contributed by atoms with Crippen LogP contribution >= 0.6 is 0 Å². The predicted octanol–water partition coefficient (Wildman–Crippen LogP) is 2.58. The van der Waals surface area contributed by atoms with Gasteiger partial charge < -0.3 is 4.42 Å². The summed E-state index contributed by atoms with van der Waals surface area (Å²) in [6.07, 6.45) is 8.36. The zero-order valence-electron chi connectivity index (χ0n) is 11.5. The van der Waals surface area contributed by atoms with Crippen molar-refractivity contribution in [1.82, 2.24) is 15.2 Å². The molecule has 2 aromatic rings. The van der Waals surface area contributed by atoms with Crippen molar-refractivity contribution in [3.8, 4) is 0 Å². The Bertz CT molecular complexity index is 473. The van der Waals surface area contributed by atoms with E-state index < -0.39 is 0 Å². The molecule has 5 nitrogen and oxygen atoms in total. The first-order chi connectivity index (χ1) is 9.28. The number of nitrogens with two attached hydrogens (primary N) is 1. The molecule has 5 heteroatoms. The molecule has 2 rings (SSSR count). The molecule has 0 aliphatic heterocycles. The number of nitrogens with zero attached hydrogens (tertiary/aromatic N) is 2. The SMILES string of the molecule is CCC(CC)n1ccc(CC(NN)c2ccoc2)n1. The Hall–Kier alpha value is -1.59. The fourth-order valence-electron chi connectivity index (χ4n) is 2.31. The summed E-state index contributed by atoms with van der Waals surface area (Å²) in [7, 11) is 0. The van der Waals surface area contributed by atoms with Crippen LogP contribution in [0.15, 0.2) is 35.3 Å². The minimum atomic E-state index is 0.0313. The van der Waals surface area contributed by atoms with E-state index in [-0.39, 0.29) is 6.04 Å². The monoisotopic (exact) mass is 262 g/mol. The molecule has 0 aliphatic rings. The van der Waals surface area contributed by atoms with Gasteiger partial charge in [-0.1, -0.05) is 13.8 Å². The van der Waals surface area contributed by atoms with E-state index >= 15 is 0 Å². The van der Waals surface area contributed by atoms with E-state index in [2.05, 4.69) is 41.3 Å². The number of furan rings is 1. The van der Waals surface area contributed by atoms with Gasteiger partial charge in [-0.15, -0.1) is 0 Å². The third-order valence-corrected chi connectivity index (χ3v) is 3.54. The van der Waals surface area contributed by atoms with Crippen molar-refractivity contribution in [2.24, 2.45) is 5.84 Å². The highest BCUT2D eigenvalue weighted by atomic mass is 16.3. The molecule has 3 N–H and O–H groups in total. The highest BCUT2D eigenvalue weighted by Gasteiger charge is 2.14. The quantitative estimate of drug-likeness (QED) is 0.594. The van der Waals surface area contributed by atoms with Crippen LogP contribution in [0.25, 0.3) is 0 Å². The van der Waals surface area contributed by atoms with Crippen LogP contribution in [0, 0.1) is 0 Å². The molecule has 2 heterocycles. The smallest absolute Gasteiger partial charge is 0.0951 e. The largest absolute Gasteiger partial charge is 0.472 e. The molecule has 0 saturated heterocycles. The van der Waals surface area contributed by atoms with E-state index in [9.17, 15) is 0 Å². The molecule has 0 saturated carbocycles. The van der Waals surface area contributed by atoms with E-state index in [0.717, 1.165) is 30.5 Å². The summed E-state index contributed by atoms with van der Waals surface area (Å²) in [4.78, 5) is 0. The molecule has 0 amide bonds. The highest BCUT2D eigenvalue weighted by Crippen LogP contribution is 2.19. The second kappa shape index (κ2) is 6.54. The molecular weight excluding hydrogens is 240 g/mol. The Morgan fingerprint density at radius 1 is 1.37 bits per heavy atom. The fourth-order valence-corrected chi connectivity index (χ4v) is 2.31. The minimum absolute atomic E-state index is 0.0313. The van der Waals surface area contributed by atoms with Crippen LogP contribution in [-0.4, -0.2) is 9.78 Å². The van der Waals surface area contributed by atoms with Crippen LogP contribution in [-0.2, 0) is 6.42 Å². The molecule has 0 bridgehead atoms. The number of rotatable bonds is 7. The number of hydrazine groups is 1. The lowest BCUT2D eigenvalue weighted by Gasteiger charge is -2.14. The van der Waals surface area contributed by atoms with Crippen molar-refractivity contribution in [2.45, 2.75) is 45.2 Å². The molecule has 0 spiro atoms. The number of aromatic nitrogens is 2. The normalized spacial score (nSPS) is 13.1. The molecule has 2 aromatic heterocycles. The van der Waals surface area contributed by atoms with Crippen molar-refractivity contribution in [2.75, 3.05) is 0 Å². The van der Waals surface area contributed by atoms with Crippen LogP contribution in [0.5, 0.6) is 0 Å². The molecule has 0 aliphatic carbocycles. The maximum atomic E-state index is 5.60. The van der Waals surface area contributed by atoms with E-state index in [4.69, 9.17) is 10.3 Å². The standard InChI is InChI=1S/C14H22N4O/c1-3-13(4-2)18-7-5-12(17-18)9-14(16-15)11-6-8-19-10-11/h5-8,10,13-14,16H,3-4,9,15H2,1-2H3. The first kappa shape index (κ1) is 13.8. The minimum Gasteiger partial charge on any atom is -0.472 e. The van der Waals surface area contributed by atoms with Crippen LogP contribution < -0.4 is 11.3 Å². The van der Waals surface area contributed by atoms with Gasteiger partial charge in [-0.25, -0.2) is 0 Å². The average molecular weight is 262 g/mol. The van der Waals surface area contributed by atoms with E-state index in [0.29, 0.717) is 6.04 Å². The second-order valence-corrected chi connectivity index (χ2v) is 4.74. The third-order valence-electron chi connectivity index (χ3n) is 3.54. The van der Waals surface area contributed by atoms with Gasteiger partial charge in [0.25, 0.3) is 0 Å². The Morgan fingerprint density at radius 3 is 2.74 bits per heavy atom. The highest BCUT2D eigenvalue weighted by molar-refractivity contribution is 5.15. The zero-order chi connectivity index (χ0) is 13.7. The van der Waals surface area contributed by atoms with Gasteiger partial charge in [0.05, 0.1) is 30.3 Å². The maximum absolute atomic E-state index is 5.60. The van der Waals surface area contributed by atoms with Crippen molar-refractivity contribution in [1.29, 1.82) is 0 Å². The first-order valence-corrected chi connectivity index (χ1v) is 6.80. The van der Waals surface area contributed by atoms with E-state index in [1.807, 2.05) is 6.07 Å². The number of nitrogens with one attached hydrogen (secondary N) is 1. The van der Waals surface area contributed by atoms with Gasteiger partial charge in [-0.3, -0.25) is 16.0 Å². The van der Waals surface area contributed by atoms with Gasteiger partial charge in [0, 0.05) is 18.2 Å². The molecule has 1 unspecified atom stereocenters. The molecule has 0 fully saturated rings. The Labute approximate surface area is 113 Å². The number of hydrogen-bond donors (Lipinski definition) is 2. The van der Waals surface area contributed by atoms with Gasteiger partial charge in [-0.2, -0.15) is 5.10 Å². The fraction of sp³-hybridized carbons (Fsp3) is 0.500. The topological polar surface area (TPSA) is 69.0 Å². The van der Waals surface area contributed by atoms with Gasteiger partial charge in [0.2, 0.25) is 0 Å². The Morgan fingerprint density at radius 2 is 2.16 bits per heavy atom. The van der Waals surface area contributed by atoms with Gasteiger partial charge in [0.15, 0.2) is 0 Å². The van der Waals surface area contributed by atoms with Crippen LogP contribution in [0.1, 0.15) is 50.0 Å². The second-order valence-electron chi connectivity index (χ2n) is 4.74. The number of hydrogen-bond acceptors (Lipinski definition) is 4. The van der Waals surface area contributed by atoms with E-state index in [1.54, 1.807) is 12.5 Å². The molecule has 104 valence electrons. The summed E-state index contributed by atoms with van der Waals surface area (Å²) >= 11 is 0. The Balaban J connectivity index is 2.06. The van der Waals surface area contributed by atoms with Crippen molar-refractivity contribution in [3.05, 3.63) is 42.1 Å². The van der Waals surface area contributed by atoms with Crippen LogP contribution in [0.2, 0.25) is 0 Å². The zero-order valence-corrected chi connectivity index (χ0v) is 11.5. The van der Waals surface area contributed by atoms with Crippen LogP contribution in [0.3, 0.4) is 0 Å². The van der Waals surface area contributed by atoms with Crippen molar-refractivity contribution < 1.29 is 4.42 Å². The van der Waals surface area contributed by atoms with Gasteiger partial charge in [0.1, 0.15) is 0 Å².